The molecule has 2 aromatic heterocycles. The van der Waals surface area contributed by atoms with Crippen LogP contribution in [0.5, 0.6) is 5.88 Å². The van der Waals surface area contributed by atoms with E-state index in [0.29, 0.717) is 30.8 Å². The van der Waals surface area contributed by atoms with Crippen LogP contribution < -0.4 is 10.1 Å². The van der Waals surface area contributed by atoms with Crippen LogP contribution in [0.1, 0.15) is 25.1 Å². The van der Waals surface area contributed by atoms with E-state index in [9.17, 15) is 0 Å². The third-order valence-electron chi connectivity index (χ3n) is 2.97. The van der Waals surface area contributed by atoms with Gasteiger partial charge in [-0.3, -0.25) is 9.67 Å². The van der Waals surface area contributed by atoms with Crippen molar-refractivity contribution in [1.29, 1.82) is 0 Å². The number of hydrogen-bond acceptors (Lipinski definition) is 5. The maximum atomic E-state index is 5.56. The average molecular weight is 275 g/mol. The van der Waals surface area contributed by atoms with E-state index in [1.807, 2.05) is 24.9 Å². The van der Waals surface area contributed by atoms with Crippen LogP contribution in [0.25, 0.3) is 0 Å². The topological polar surface area (TPSA) is 64.9 Å². The molecule has 0 fully saturated rings. The fraction of sp³-hybridized carbons (Fsp3) is 0.500. The summed E-state index contributed by atoms with van der Waals surface area (Å²) >= 11 is 0. The fourth-order valence-corrected chi connectivity index (χ4v) is 1.66. The maximum Gasteiger partial charge on any atom is 0.234 e. The van der Waals surface area contributed by atoms with Crippen LogP contribution in [0.15, 0.2) is 18.6 Å². The van der Waals surface area contributed by atoms with Crippen molar-refractivity contribution in [2.24, 2.45) is 13.0 Å². The van der Waals surface area contributed by atoms with Crippen LogP contribution in [0.2, 0.25) is 0 Å². The second-order valence-corrected chi connectivity index (χ2v) is 5.18. The van der Waals surface area contributed by atoms with E-state index in [0.717, 1.165) is 11.3 Å². The van der Waals surface area contributed by atoms with Gasteiger partial charge in [0.1, 0.15) is 5.82 Å². The van der Waals surface area contributed by atoms with Crippen LogP contribution in [0.4, 0.5) is 5.82 Å². The van der Waals surface area contributed by atoms with E-state index < -0.39 is 0 Å². The van der Waals surface area contributed by atoms with Gasteiger partial charge in [-0.1, -0.05) is 13.8 Å². The molecule has 0 unspecified atom stereocenters. The zero-order valence-corrected chi connectivity index (χ0v) is 12.4. The Labute approximate surface area is 119 Å². The molecule has 0 saturated carbocycles. The van der Waals surface area contributed by atoms with Crippen molar-refractivity contribution in [2.45, 2.75) is 27.3 Å². The Bertz CT molecular complexity index is 564. The van der Waals surface area contributed by atoms with Gasteiger partial charge in [-0.25, -0.2) is 0 Å². The molecule has 0 spiro atoms. The summed E-state index contributed by atoms with van der Waals surface area (Å²) in [4.78, 5) is 8.50. The predicted octanol–water partition coefficient (Wildman–Crippen LogP) is 2.17. The van der Waals surface area contributed by atoms with Gasteiger partial charge in [0.25, 0.3) is 0 Å². The van der Waals surface area contributed by atoms with Crippen LogP contribution in [0.3, 0.4) is 0 Å². The van der Waals surface area contributed by atoms with Crippen molar-refractivity contribution >= 4 is 5.82 Å². The van der Waals surface area contributed by atoms with Crippen molar-refractivity contribution in [3.8, 4) is 5.88 Å². The first-order valence-corrected chi connectivity index (χ1v) is 6.72. The summed E-state index contributed by atoms with van der Waals surface area (Å²) in [6.45, 7) is 7.54. The molecule has 0 aromatic carbocycles. The second kappa shape index (κ2) is 6.36. The van der Waals surface area contributed by atoms with Crippen LogP contribution in [-0.2, 0) is 13.6 Å². The number of rotatable bonds is 6. The third kappa shape index (κ3) is 3.69. The SMILES string of the molecule is Cc1c(CNc2cncc(OCC(C)C)n2)cnn1C. The second-order valence-electron chi connectivity index (χ2n) is 5.18. The van der Waals surface area contributed by atoms with Crippen LogP contribution in [-0.4, -0.2) is 26.4 Å². The number of hydrogen-bond donors (Lipinski definition) is 1. The number of anilines is 1. The quantitative estimate of drug-likeness (QED) is 0.875. The third-order valence-corrected chi connectivity index (χ3v) is 2.97. The standard InChI is InChI=1S/C14H21N5O/c1-10(2)9-20-14-8-15-7-13(18-14)16-5-12-6-17-19(4)11(12)3/h6-8,10H,5,9H2,1-4H3,(H,16,18). The Hall–Kier alpha value is -2.11. The highest BCUT2D eigenvalue weighted by Gasteiger charge is 2.05. The molecular weight excluding hydrogens is 254 g/mol. The minimum atomic E-state index is 0.464. The minimum Gasteiger partial charge on any atom is -0.476 e. The van der Waals surface area contributed by atoms with Crippen molar-refractivity contribution in [3.63, 3.8) is 0 Å². The number of nitrogens with zero attached hydrogens (tertiary/aromatic N) is 4. The van der Waals surface area contributed by atoms with E-state index in [-0.39, 0.29) is 0 Å². The lowest BCUT2D eigenvalue weighted by Crippen LogP contribution is -2.08. The Balaban J connectivity index is 1.96. The molecule has 0 aliphatic heterocycles. The maximum absolute atomic E-state index is 5.56. The van der Waals surface area contributed by atoms with Gasteiger partial charge >= 0.3 is 0 Å². The van der Waals surface area contributed by atoms with Crippen LogP contribution in [0, 0.1) is 12.8 Å². The van der Waals surface area contributed by atoms with Crippen molar-refractivity contribution in [3.05, 3.63) is 29.8 Å². The van der Waals surface area contributed by atoms with E-state index >= 15 is 0 Å². The monoisotopic (exact) mass is 275 g/mol. The molecule has 0 atom stereocenters. The summed E-state index contributed by atoms with van der Waals surface area (Å²) in [6, 6.07) is 0. The molecule has 6 nitrogen and oxygen atoms in total. The molecule has 1 N–H and O–H groups in total. The van der Waals surface area contributed by atoms with Gasteiger partial charge in [0.15, 0.2) is 0 Å². The molecule has 20 heavy (non-hydrogen) atoms. The molecule has 0 aliphatic carbocycles. The zero-order chi connectivity index (χ0) is 14.5. The molecule has 0 saturated heterocycles. The number of aryl methyl sites for hydroxylation is 1. The highest BCUT2D eigenvalue weighted by molar-refractivity contribution is 5.35. The van der Waals surface area contributed by atoms with Crippen molar-refractivity contribution in [1.82, 2.24) is 19.7 Å². The predicted molar refractivity (Wildman–Crippen MR) is 77.6 cm³/mol. The lowest BCUT2D eigenvalue weighted by atomic mass is 10.2. The van der Waals surface area contributed by atoms with Crippen molar-refractivity contribution < 1.29 is 4.74 Å². The normalized spacial score (nSPS) is 10.8. The van der Waals surface area contributed by atoms with E-state index in [4.69, 9.17) is 4.74 Å². The molecule has 2 rings (SSSR count). The molecular formula is C14H21N5O. The smallest absolute Gasteiger partial charge is 0.234 e. The van der Waals surface area contributed by atoms with Gasteiger partial charge in [-0.15, -0.1) is 0 Å². The number of ether oxygens (including phenoxy) is 1. The lowest BCUT2D eigenvalue weighted by molar-refractivity contribution is 0.260. The molecule has 0 radical (unpaired) electrons. The van der Waals surface area contributed by atoms with Gasteiger partial charge in [0, 0.05) is 24.8 Å². The molecule has 0 aliphatic rings. The Kier molecular flexibility index (Phi) is 4.55. The van der Waals surface area contributed by atoms with E-state index in [2.05, 4.69) is 34.2 Å². The van der Waals surface area contributed by atoms with E-state index in [1.54, 1.807) is 12.4 Å². The number of aromatic nitrogens is 4. The summed E-state index contributed by atoms with van der Waals surface area (Å²) in [5.41, 5.74) is 2.28. The first-order valence-electron chi connectivity index (χ1n) is 6.72. The summed E-state index contributed by atoms with van der Waals surface area (Å²) in [7, 11) is 1.93. The number of nitrogens with one attached hydrogen (secondary N) is 1. The average Bonchev–Trinajstić information content (AvgIpc) is 2.75. The molecule has 0 amide bonds. The molecule has 2 aromatic rings. The van der Waals surface area contributed by atoms with Gasteiger partial charge in [0.2, 0.25) is 5.88 Å². The lowest BCUT2D eigenvalue weighted by Gasteiger charge is -2.09. The fourth-order valence-electron chi connectivity index (χ4n) is 1.66. The summed E-state index contributed by atoms with van der Waals surface area (Å²) in [5.74, 6) is 1.72. The largest absolute Gasteiger partial charge is 0.476 e. The molecule has 6 heteroatoms. The molecule has 2 heterocycles. The minimum absolute atomic E-state index is 0.464. The highest BCUT2D eigenvalue weighted by atomic mass is 16.5. The van der Waals surface area contributed by atoms with Crippen LogP contribution >= 0.6 is 0 Å². The van der Waals surface area contributed by atoms with Gasteiger partial charge in [-0.2, -0.15) is 10.1 Å². The summed E-state index contributed by atoms with van der Waals surface area (Å²) in [6.07, 6.45) is 5.17. The van der Waals surface area contributed by atoms with Gasteiger partial charge < -0.3 is 10.1 Å². The summed E-state index contributed by atoms with van der Waals surface area (Å²) in [5, 5.41) is 7.45. The molecule has 0 bridgehead atoms. The van der Waals surface area contributed by atoms with Gasteiger partial charge in [0.05, 0.1) is 25.2 Å². The Morgan fingerprint density at radius 1 is 1.30 bits per heavy atom. The zero-order valence-electron chi connectivity index (χ0n) is 12.4. The van der Waals surface area contributed by atoms with Crippen molar-refractivity contribution in [2.75, 3.05) is 11.9 Å². The Morgan fingerprint density at radius 3 is 2.75 bits per heavy atom. The molecule has 108 valence electrons. The summed E-state index contributed by atoms with van der Waals surface area (Å²) < 4.78 is 7.41. The van der Waals surface area contributed by atoms with E-state index in [1.165, 1.54) is 0 Å². The first kappa shape index (κ1) is 14.3. The first-order chi connectivity index (χ1) is 9.56. The highest BCUT2D eigenvalue weighted by Crippen LogP contribution is 2.12. The van der Waals surface area contributed by atoms with Gasteiger partial charge in [-0.05, 0) is 12.8 Å². The Morgan fingerprint density at radius 2 is 2.10 bits per heavy atom.